The summed E-state index contributed by atoms with van der Waals surface area (Å²) in [5.41, 5.74) is 2.36. The van der Waals surface area contributed by atoms with Crippen LogP contribution in [0.4, 0.5) is 10.5 Å². The SMILES string of the molecule is O=C1ON=C(c2ccccc2)CN1c1ccc(Cl)cc1. The molecule has 0 aromatic heterocycles. The normalized spacial score (nSPS) is 14.8. The number of carbonyl (C=O) groups excluding carboxylic acids is 1. The molecule has 0 unspecified atom stereocenters. The summed E-state index contributed by atoms with van der Waals surface area (Å²) in [6.07, 6.45) is -0.494. The summed E-state index contributed by atoms with van der Waals surface area (Å²) in [6, 6.07) is 16.6. The fraction of sp³-hybridized carbons (Fsp3) is 0.0667. The molecule has 0 spiro atoms. The van der Waals surface area contributed by atoms with Crippen LogP contribution in [-0.2, 0) is 4.84 Å². The number of nitrogens with zero attached hydrogens (tertiary/aromatic N) is 2. The molecule has 2 aromatic carbocycles. The van der Waals surface area contributed by atoms with Crippen molar-refractivity contribution in [3.8, 4) is 0 Å². The first kappa shape index (κ1) is 12.7. The van der Waals surface area contributed by atoms with E-state index in [9.17, 15) is 4.79 Å². The molecule has 0 radical (unpaired) electrons. The van der Waals surface area contributed by atoms with Crippen LogP contribution in [0.2, 0.25) is 5.02 Å². The second-order valence-corrected chi connectivity index (χ2v) is 4.76. The van der Waals surface area contributed by atoms with Crippen molar-refractivity contribution in [2.45, 2.75) is 0 Å². The van der Waals surface area contributed by atoms with E-state index in [0.717, 1.165) is 11.3 Å². The lowest BCUT2D eigenvalue weighted by molar-refractivity contribution is 0.155. The molecule has 100 valence electrons. The van der Waals surface area contributed by atoms with Gasteiger partial charge in [-0.15, -0.1) is 0 Å². The zero-order chi connectivity index (χ0) is 13.9. The van der Waals surface area contributed by atoms with Gasteiger partial charge in [-0.2, -0.15) is 0 Å². The molecule has 4 nitrogen and oxygen atoms in total. The van der Waals surface area contributed by atoms with E-state index in [1.54, 1.807) is 24.3 Å². The quantitative estimate of drug-likeness (QED) is 0.790. The molecule has 0 N–H and O–H groups in total. The minimum atomic E-state index is -0.494. The first-order valence-corrected chi connectivity index (χ1v) is 6.48. The van der Waals surface area contributed by atoms with Crippen molar-refractivity contribution in [2.24, 2.45) is 5.16 Å². The van der Waals surface area contributed by atoms with E-state index in [-0.39, 0.29) is 0 Å². The van der Waals surface area contributed by atoms with Gasteiger partial charge in [-0.3, -0.25) is 9.74 Å². The van der Waals surface area contributed by atoms with Crippen molar-refractivity contribution in [1.29, 1.82) is 0 Å². The number of amides is 1. The van der Waals surface area contributed by atoms with Crippen molar-refractivity contribution >= 4 is 29.1 Å². The summed E-state index contributed by atoms with van der Waals surface area (Å²) in [5.74, 6) is 0. The second kappa shape index (κ2) is 5.35. The number of benzene rings is 2. The number of rotatable bonds is 2. The molecule has 1 amide bonds. The van der Waals surface area contributed by atoms with Gasteiger partial charge in [0.15, 0.2) is 0 Å². The van der Waals surface area contributed by atoms with E-state index in [2.05, 4.69) is 5.16 Å². The maximum absolute atomic E-state index is 11.8. The molecular formula is C15H11ClN2O2. The highest BCUT2D eigenvalue weighted by molar-refractivity contribution is 6.30. The van der Waals surface area contributed by atoms with Gasteiger partial charge in [0.1, 0.15) is 5.71 Å². The Morgan fingerprint density at radius 3 is 2.45 bits per heavy atom. The van der Waals surface area contributed by atoms with Gasteiger partial charge in [0.05, 0.1) is 6.54 Å². The summed E-state index contributed by atoms with van der Waals surface area (Å²) < 4.78 is 0. The minimum Gasteiger partial charge on any atom is -0.297 e. The third kappa shape index (κ3) is 2.51. The zero-order valence-electron chi connectivity index (χ0n) is 10.5. The Kier molecular flexibility index (Phi) is 3.39. The molecule has 0 fully saturated rings. The van der Waals surface area contributed by atoms with Crippen LogP contribution in [0.15, 0.2) is 59.8 Å². The molecule has 0 atom stereocenters. The van der Waals surface area contributed by atoms with Crippen LogP contribution >= 0.6 is 11.6 Å². The van der Waals surface area contributed by atoms with Gasteiger partial charge in [0, 0.05) is 16.3 Å². The first-order chi connectivity index (χ1) is 9.74. The van der Waals surface area contributed by atoms with Gasteiger partial charge < -0.3 is 0 Å². The highest BCUT2D eigenvalue weighted by Crippen LogP contribution is 2.21. The summed E-state index contributed by atoms with van der Waals surface area (Å²) in [5, 5.41) is 4.49. The molecule has 0 saturated heterocycles. The summed E-state index contributed by atoms with van der Waals surface area (Å²) in [7, 11) is 0. The van der Waals surface area contributed by atoms with Crippen molar-refractivity contribution in [2.75, 3.05) is 11.4 Å². The van der Waals surface area contributed by atoms with Crippen LogP contribution in [-0.4, -0.2) is 18.3 Å². The van der Waals surface area contributed by atoms with Gasteiger partial charge in [-0.1, -0.05) is 47.1 Å². The monoisotopic (exact) mass is 286 g/mol. The zero-order valence-corrected chi connectivity index (χ0v) is 11.2. The van der Waals surface area contributed by atoms with Gasteiger partial charge in [-0.25, -0.2) is 4.79 Å². The Hall–Kier alpha value is -2.33. The average Bonchev–Trinajstić information content (AvgIpc) is 2.50. The number of oxime groups is 1. The number of carbonyl (C=O) groups is 1. The van der Waals surface area contributed by atoms with Crippen LogP contribution in [0, 0.1) is 0 Å². The Morgan fingerprint density at radius 1 is 1.05 bits per heavy atom. The molecular weight excluding hydrogens is 276 g/mol. The molecule has 1 heterocycles. The third-order valence-electron chi connectivity index (χ3n) is 3.01. The lowest BCUT2D eigenvalue weighted by Gasteiger charge is -2.25. The van der Waals surface area contributed by atoms with E-state index in [1.165, 1.54) is 4.90 Å². The molecule has 0 aliphatic carbocycles. The van der Waals surface area contributed by atoms with E-state index in [0.29, 0.717) is 17.3 Å². The Bertz CT molecular complexity index is 653. The summed E-state index contributed by atoms with van der Waals surface area (Å²) >= 11 is 5.85. The second-order valence-electron chi connectivity index (χ2n) is 4.32. The summed E-state index contributed by atoms with van der Waals surface area (Å²) in [6.45, 7) is 0.366. The van der Waals surface area contributed by atoms with E-state index >= 15 is 0 Å². The number of anilines is 1. The molecule has 2 aromatic rings. The predicted molar refractivity (Wildman–Crippen MR) is 78.3 cm³/mol. The molecule has 1 aliphatic heterocycles. The van der Waals surface area contributed by atoms with Crippen LogP contribution in [0.25, 0.3) is 0 Å². The largest absolute Gasteiger partial charge is 0.440 e. The first-order valence-electron chi connectivity index (χ1n) is 6.10. The van der Waals surface area contributed by atoms with Crippen molar-refractivity contribution in [1.82, 2.24) is 0 Å². The van der Waals surface area contributed by atoms with Crippen LogP contribution in [0.1, 0.15) is 5.56 Å². The van der Waals surface area contributed by atoms with Gasteiger partial charge >= 0.3 is 6.09 Å². The Balaban J connectivity index is 1.89. The lowest BCUT2D eigenvalue weighted by Crippen LogP contribution is -2.39. The number of hydrogen-bond acceptors (Lipinski definition) is 3. The molecule has 5 heteroatoms. The molecule has 0 saturated carbocycles. The van der Waals surface area contributed by atoms with Crippen molar-refractivity contribution in [3.05, 3.63) is 65.2 Å². The molecule has 0 bridgehead atoms. The van der Waals surface area contributed by atoms with E-state index < -0.39 is 6.09 Å². The van der Waals surface area contributed by atoms with Crippen LogP contribution in [0.3, 0.4) is 0 Å². The standard InChI is InChI=1S/C15H11ClN2O2/c16-12-6-8-13(9-7-12)18-10-14(17-20-15(18)19)11-4-2-1-3-5-11/h1-9H,10H2. The Labute approximate surface area is 121 Å². The minimum absolute atomic E-state index is 0.366. The molecule has 20 heavy (non-hydrogen) atoms. The highest BCUT2D eigenvalue weighted by Gasteiger charge is 2.25. The topological polar surface area (TPSA) is 41.9 Å². The van der Waals surface area contributed by atoms with Crippen LogP contribution in [0.5, 0.6) is 0 Å². The smallest absolute Gasteiger partial charge is 0.297 e. The van der Waals surface area contributed by atoms with Crippen molar-refractivity contribution < 1.29 is 9.63 Å². The summed E-state index contributed by atoms with van der Waals surface area (Å²) in [4.78, 5) is 18.2. The van der Waals surface area contributed by atoms with Crippen molar-refractivity contribution in [3.63, 3.8) is 0 Å². The fourth-order valence-electron chi connectivity index (χ4n) is 1.98. The van der Waals surface area contributed by atoms with E-state index in [1.807, 2.05) is 30.3 Å². The lowest BCUT2D eigenvalue weighted by atomic mass is 10.1. The van der Waals surface area contributed by atoms with Gasteiger partial charge in [0.2, 0.25) is 0 Å². The Morgan fingerprint density at radius 2 is 1.75 bits per heavy atom. The number of halogens is 1. The van der Waals surface area contributed by atoms with Crippen LogP contribution < -0.4 is 4.90 Å². The third-order valence-corrected chi connectivity index (χ3v) is 3.26. The molecule has 3 rings (SSSR count). The highest BCUT2D eigenvalue weighted by atomic mass is 35.5. The maximum atomic E-state index is 11.8. The number of hydrogen-bond donors (Lipinski definition) is 0. The fourth-order valence-corrected chi connectivity index (χ4v) is 2.10. The van der Waals surface area contributed by atoms with Gasteiger partial charge in [-0.05, 0) is 24.3 Å². The van der Waals surface area contributed by atoms with Gasteiger partial charge in [0.25, 0.3) is 0 Å². The molecule has 1 aliphatic rings. The maximum Gasteiger partial charge on any atom is 0.440 e. The van der Waals surface area contributed by atoms with E-state index in [4.69, 9.17) is 16.4 Å². The predicted octanol–water partition coefficient (Wildman–Crippen LogP) is 3.70. The average molecular weight is 287 g/mol.